The number of esters is 1. The number of benzene rings is 2. The van der Waals surface area contributed by atoms with Crippen LogP contribution in [-0.2, 0) is 35.9 Å². The average Bonchev–Trinajstić information content (AvgIpc) is 3.31. The van der Waals surface area contributed by atoms with Crippen LogP contribution in [0.15, 0.2) is 48.5 Å². The first-order chi connectivity index (χ1) is 17.1. The van der Waals surface area contributed by atoms with E-state index in [0.717, 1.165) is 36.1 Å². The molecule has 4 fully saturated rings. The summed E-state index contributed by atoms with van der Waals surface area (Å²) in [5.74, 6) is 5.84. The molecular weight excluding hydrogens is 444 g/mol. The van der Waals surface area contributed by atoms with Gasteiger partial charge in [-0.3, -0.25) is 4.79 Å². The molecular formula is C29H32O6. The summed E-state index contributed by atoms with van der Waals surface area (Å²) < 4.78 is 29.3. The van der Waals surface area contributed by atoms with Crippen LogP contribution in [0.25, 0.3) is 0 Å². The molecule has 2 aromatic rings. The van der Waals surface area contributed by atoms with Gasteiger partial charge in [-0.25, -0.2) is 0 Å². The van der Waals surface area contributed by atoms with Crippen molar-refractivity contribution in [2.24, 2.45) is 0 Å². The maximum atomic E-state index is 11.9. The van der Waals surface area contributed by atoms with Gasteiger partial charge in [-0.1, -0.05) is 36.3 Å². The number of hydrogen-bond acceptors (Lipinski definition) is 6. The third-order valence-corrected chi connectivity index (χ3v) is 7.16. The molecule has 0 amide bonds. The molecule has 3 atom stereocenters. The van der Waals surface area contributed by atoms with E-state index in [1.807, 2.05) is 24.3 Å². The van der Waals surface area contributed by atoms with Crippen LogP contribution in [-0.4, -0.2) is 37.7 Å². The van der Waals surface area contributed by atoms with Gasteiger partial charge in [0.05, 0.1) is 37.8 Å². The molecule has 3 saturated heterocycles. The molecule has 0 radical (unpaired) electrons. The summed E-state index contributed by atoms with van der Waals surface area (Å²) >= 11 is 0. The fourth-order valence-electron chi connectivity index (χ4n) is 5.36. The molecule has 2 bridgehead atoms. The number of fused-ring (bicyclic) bond motifs is 1. The zero-order chi connectivity index (χ0) is 24.3. The normalized spacial score (nSPS) is 24.7. The Bertz CT molecular complexity index is 1090. The maximum Gasteiger partial charge on any atom is 0.307 e. The molecule has 3 aliphatic heterocycles. The van der Waals surface area contributed by atoms with E-state index in [4.69, 9.17) is 23.7 Å². The number of hydrogen-bond donors (Lipinski definition) is 0. The highest BCUT2D eigenvalue weighted by molar-refractivity contribution is 5.71. The van der Waals surface area contributed by atoms with E-state index >= 15 is 0 Å². The van der Waals surface area contributed by atoms with Crippen LogP contribution in [0.4, 0.5) is 0 Å². The van der Waals surface area contributed by atoms with Gasteiger partial charge < -0.3 is 23.7 Å². The third kappa shape index (κ3) is 4.81. The minimum atomic E-state index is -0.521. The van der Waals surface area contributed by atoms with Crippen LogP contribution in [0.3, 0.4) is 0 Å². The van der Waals surface area contributed by atoms with Crippen molar-refractivity contribution in [3.05, 3.63) is 65.2 Å². The van der Waals surface area contributed by atoms with E-state index in [1.165, 1.54) is 5.56 Å². The fraction of sp³-hybridized carbons (Fsp3) is 0.483. The van der Waals surface area contributed by atoms with Crippen molar-refractivity contribution < 1.29 is 28.5 Å². The van der Waals surface area contributed by atoms with Crippen LogP contribution in [0, 0.1) is 11.8 Å². The Morgan fingerprint density at radius 3 is 2.57 bits per heavy atom. The van der Waals surface area contributed by atoms with Gasteiger partial charge in [-0.15, -0.1) is 5.92 Å². The number of carbonyl (C=O) groups is 1. The highest BCUT2D eigenvalue weighted by Crippen LogP contribution is 2.57. The molecule has 184 valence electrons. The molecule has 6 nitrogen and oxygen atoms in total. The summed E-state index contributed by atoms with van der Waals surface area (Å²) in [5, 5.41) is 0. The molecule has 35 heavy (non-hydrogen) atoms. The summed E-state index contributed by atoms with van der Waals surface area (Å²) in [5.41, 5.74) is 3.02. The fourth-order valence-corrected chi connectivity index (χ4v) is 5.36. The average molecular weight is 477 g/mol. The predicted molar refractivity (Wildman–Crippen MR) is 130 cm³/mol. The Kier molecular flexibility index (Phi) is 6.84. The minimum Gasteiger partial charge on any atom is -0.489 e. The van der Waals surface area contributed by atoms with Crippen molar-refractivity contribution in [3.63, 3.8) is 0 Å². The van der Waals surface area contributed by atoms with E-state index in [2.05, 4.69) is 36.1 Å². The van der Waals surface area contributed by atoms with Gasteiger partial charge in [0.1, 0.15) is 18.5 Å². The molecule has 0 aromatic heterocycles. The van der Waals surface area contributed by atoms with Crippen molar-refractivity contribution in [1.82, 2.24) is 0 Å². The summed E-state index contributed by atoms with van der Waals surface area (Å²) in [6.45, 7) is 5.72. The second-order valence-electron chi connectivity index (χ2n) is 9.33. The zero-order valence-corrected chi connectivity index (χ0v) is 20.4. The monoisotopic (exact) mass is 476 g/mol. The summed E-state index contributed by atoms with van der Waals surface area (Å²) in [4.78, 5) is 11.9. The van der Waals surface area contributed by atoms with Crippen molar-refractivity contribution in [3.8, 4) is 17.6 Å². The van der Waals surface area contributed by atoms with Gasteiger partial charge >= 0.3 is 5.97 Å². The van der Waals surface area contributed by atoms with Gasteiger partial charge in [-0.2, -0.15) is 0 Å². The Labute approximate surface area is 206 Å². The number of ether oxygens (including phenoxy) is 5. The smallest absolute Gasteiger partial charge is 0.307 e. The molecule has 6 rings (SSSR count). The molecule has 1 aliphatic carbocycles. The second kappa shape index (κ2) is 10.0. The largest absolute Gasteiger partial charge is 0.489 e. The lowest BCUT2D eigenvalue weighted by Crippen LogP contribution is -2.64. The Hall–Kier alpha value is -2.85. The highest BCUT2D eigenvalue weighted by atomic mass is 16.8. The Morgan fingerprint density at radius 2 is 1.91 bits per heavy atom. The quantitative estimate of drug-likeness (QED) is 0.401. The predicted octanol–water partition coefficient (Wildman–Crippen LogP) is 4.85. The summed E-state index contributed by atoms with van der Waals surface area (Å²) in [6.07, 6.45) is 2.94. The third-order valence-electron chi connectivity index (χ3n) is 7.16. The van der Waals surface area contributed by atoms with Crippen LogP contribution in [0.5, 0.6) is 5.75 Å². The molecule has 2 aromatic carbocycles. The summed E-state index contributed by atoms with van der Waals surface area (Å²) in [7, 11) is 0. The van der Waals surface area contributed by atoms with E-state index in [0.29, 0.717) is 26.4 Å². The van der Waals surface area contributed by atoms with E-state index in [9.17, 15) is 4.79 Å². The van der Waals surface area contributed by atoms with Gasteiger partial charge in [-0.05, 0) is 55.2 Å². The van der Waals surface area contributed by atoms with Crippen molar-refractivity contribution in [2.75, 3.05) is 19.8 Å². The minimum absolute atomic E-state index is 0.0159. The first-order valence-electron chi connectivity index (χ1n) is 12.4. The van der Waals surface area contributed by atoms with Gasteiger partial charge in [0.25, 0.3) is 0 Å². The van der Waals surface area contributed by atoms with Gasteiger partial charge in [0.15, 0.2) is 5.79 Å². The summed E-state index contributed by atoms with van der Waals surface area (Å²) in [6, 6.07) is 16.2. The van der Waals surface area contributed by atoms with Gasteiger partial charge in [0, 0.05) is 12.8 Å². The van der Waals surface area contributed by atoms with Gasteiger partial charge in [0.2, 0.25) is 0 Å². The topological polar surface area (TPSA) is 63.2 Å². The lowest BCUT2D eigenvalue weighted by atomic mass is 9.69. The second-order valence-corrected chi connectivity index (χ2v) is 9.33. The highest BCUT2D eigenvalue weighted by Gasteiger charge is 2.63. The van der Waals surface area contributed by atoms with Crippen molar-refractivity contribution in [2.45, 2.75) is 69.5 Å². The van der Waals surface area contributed by atoms with Crippen molar-refractivity contribution >= 4 is 5.97 Å². The first kappa shape index (κ1) is 23.9. The molecule has 0 N–H and O–H groups in total. The van der Waals surface area contributed by atoms with Crippen molar-refractivity contribution in [1.29, 1.82) is 0 Å². The molecule has 1 saturated carbocycles. The maximum absolute atomic E-state index is 11.9. The lowest BCUT2D eigenvalue weighted by molar-refractivity contribution is -0.369. The molecule has 1 spiro atoms. The van der Waals surface area contributed by atoms with Crippen LogP contribution in [0.1, 0.15) is 62.1 Å². The number of rotatable bonds is 8. The standard InChI is InChI=1S/C29H32O6/c1-3-6-23(18-27(30)31-4-2)22-9-11-25(12-10-22)32-20-21-7-5-8-24(17-21)28-13-14-29(26(19-28)35-28)33-15-16-34-29/h5,7-12,17,23,26H,4,13-16,18-20H2,1-2H3/t23-,26?,28?/m0/s1. The molecule has 4 aliphatic rings. The first-order valence-corrected chi connectivity index (χ1v) is 12.4. The molecule has 6 heteroatoms. The number of carbonyl (C=O) groups excluding carboxylic acids is 1. The van der Waals surface area contributed by atoms with Crippen LogP contribution >= 0.6 is 0 Å². The molecule has 2 unspecified atom stereocenters. The molecule has 3 heterocycles. The zero-order valence-electron chi connectivity index (χ0n) is 20.4. The van der Waals surface area contributed by atoms with Crippen LogP contribution in [0.2, 0.25) is 0 Å². The Morgan fingerprint density at radius 1 is 1.14 bits per heavy atom. The lowest BCUT2D eigenvalue weighted by Gasteiger charge is -2.58. The van der Waals surface area contributed by atoms with E-state index in [-0.39, 0.29) is 30.0 Å². The SMILES string of the molecule is CC#C[C@@H](CC(=O)OCC)c1ccc(OCc2cccc(C34CCC5(OCCO5)C(C3)O4)c2)cc1. The van der Waals surface area contributed by atoms with Crippen LogP contribution < -0.4 is 4.74 Å². The van der Waals surface area contributed by atoms with E-state index < -0.39 is 5.79 Å². The Balaban J connectivity index is 1.19. The van der Waals surface area contributed by atoms with E-state index in [1.54, 1.807) is 13.8 Å².